The summed E-state index contributed by atoms with van der Waals surface area (Å²) in [4.78, 5) is 6.34. The van der Waals surface area contributed by atoms with Gasteiger partial charge in [-0.3, -0.25) is 9.89 Å². The Morgan fingerprint density at radius 1 is 1.32 bits per heavy atom. The average molecular weight is 326 g/mol. The van der Waals surface area contributed by atoms with Crippen molar-refractivity contribution in [1.29, 1.82) is 0 Å². The van der Waals surface area contributed by atoms with Gasteiger partial charge in [0.2, 0.25) is 0 Å². The van der Waals surface area contributed by atoms with Crippen molar-refractivity contribution in [1.82, 2.24) is 4.90 Å². The molecule has 0 amide bonds. The Kier molecular flexibility index (Phi) is 5.62. The van der Waals surface area contributed by atoms with E-state index in [4.69, 9.17) is 10.5 Å². The summed E-state index contributed by atoms with van der Waals surface area (Å²) < 4.78 is 27.8. The van der Waals surface area contributed by atoms with Crippen molar-refractivity contribution < 1.29 is 13.2 Å². The molecule has 1 aliphatic heterocycles. The number of aliphatic imine (C=N–C) groups is 1. The highest BCUT2D eigenvalue weighted by Gasteiger charge is 2.20. The quantitative estimate of drug-likeness (QED) is 0.591. The fraction of sp³-hybridized carbons (Fsp3) is 0.500. The monoisotopic (exact) mass is 326 g/mol. The van der Waals surface area contributed by atoms with Gasteiger partial charge in [0.25, 0.3) is 0 Å². The summed E-state index contributed by atoms with van der Waals surface area (Å²) in [7, 11) is -1.21. The first-order valence-corrected chi connectivity index (χ1v) is 8.94. The molecule has 1 heterocycles. The summed E-state index contributed by atoms with van der Waals surface area (Å²) in [6.07, 6.45) is 0. The normalized spacial score (nSPS) is 18.9. The number of benzene rings is 1. The molecule has 1 aliphatic rings. The first-order chi connectivity index (χ1) is 10.5. The zero-order valence-corrected chi connectivity index (χ0v) is 13.5. The number of nitrogens with zero attached hydrogens (tertiary/aromatic N) is 2. The van der Waals surface area contributed by atoms with Gasteiger partial charge in [0, 0.05) is 25.3 Å². The Labute approximate surface area is 131 Å². The first kappa shape index (κ1) is 16.6. The number of hydrogen-bond acceptors (Lipinski definition) is 5. The standard InChI is InChI=1S/C14H22N4O3S/c1-21-13-4-2-12(3-5-13)17-14(15)16-6-7-18-8-10-22(19,20)11-9-18/h2-5H,6-11H2,1H3,(H3,15,16,17). The van der Waals surface area contributed by atoms with E-state index in [1.807, 2.05) is 24.3 Å². The van der Waals surface area contributed by atoms with E-state index >= 15 is 0 Å². The fourth-order valence-electron chi connectivity index (χ4n) is 2.15. The Balaban J connectivity index is 1.75. The summed E-state index contributed by atoms with van der Waals surface area (Å²) in [5.41, 5.74) is 6.67. The number of nitrogens with two attached hydrogens (primary N) is 1. The van der Waals surface area contributed by atoms with Crippen molar-refractivity contribution in [3.63, 3.8) is 0 Å². The Bertz CT molecular complexity index is 599. The zero-order chi connectivity index (χ0) is 16.0. The van der Waals surface area contributed by atoms with Crippen molar-refractivity contribution in [3.05, 3.63) is 24.3 Å². The summed E-state index contributed by atoms with van der Waals surface area (Å²) in [6, 6.07) is 7.39. The van der Waals surface area contributed by atoms with Crippen LogP contribution in [-0.2, 0) is 9.84 Å². The minimum absolute atomic E-state index is 0.232. The van der Waals surface area contributed by atoms with Crippen LogP contribution in [0, 0.1) is 0 Å². The van der Waals surface area contributed by atoms with Gasteiger partial charge in [-0.05, 0) is 24.3 Å². The highest BCUT2D eigenvalue weighted by atomic mass is 32.2. The highest BCUT2D eigenvalue weighted by Crippen LogP contribution is 2.14. The van der Waals surface area contributed by atoms with Crippen molar-refractivity contribution in [3.8, 4) is 5.75 Å². The number of sulfone groups is 1. The minimum atomic E-state index is -2.83. The molecule has 3 N–H and O–H groups in total. The van der Waals surface area contributed by atoms with E-state index < -0.39 is 9.84 Å². The SMILES string of the molecule is COc1ccc(NC(N)=NCCN2CCS(=O)(=O)CC2)cc1. The van der Waals surface area contributed by atoms with Crippen LogP contribution in [0.1, 0.15) is 0 Å². The van der Waals surface area contributed by atoms with E-state index in [-0.39, 0.29) is 11.5 Å². The number of hydrogen-bond donors (Lipinski definition) is 2. The molecule has 8 heteroatoms. The fourth-order valence-corrected chi connectivity index (χ4v) is 3.42. The second kappa shape index (κ2) is 7.46. The molecule has 122 valence electrons. The van der Waals surface area contributed by atoms with Crippen LogP contribution in [0.4, 0.5) is 5.69 Å². The summed E-state index contributed by atoms with van der Waals surface area (Å²) in [6.45, 7) is 2.39. The lowest BCUT2D eigenvalue weighted by molar-refractivity contribution is 0.304. The molecule has 2 rings (SSSR count). The number of methoxy groups -OCH3 is 1. The van der Waals surface area contributed by atoms with E-state index in [0.29, 0.717) is 32.1 Å². The number of guanidine groups is 1. The van der Waals surface area contributed by atoms with E-state index in [2.05, 4.69) is 15.2 Å². The summed E-state index contributed by atoms with van der Waals surface area (Å²) >= 11 is 0. The third-order valence-electron chi connectivity index (χ3n) is 3.50. The topological polar surface area (TPSA) is 97.0 Å². The van der Waals surface area contributed by atoms with Crippen molar-refractivity contribution in [2.75, 3.05) is 50.1 Å². The van der Waals surface area contributed by atoms with Gasteiger partial charge in [0.15, 0.2) is 15.8 Å². The smallest absolute Gasteiger partial charge is 0.193 e. The predicted octanol–water partition coefficient (Wildman–Crippen LogP) is 0.152. The Hall–Kier alpha value is -1.80. The molecule has 1 saturated heterocycles. The van der Waals surface area contributed by atoms with E-state index in [1.54, 1.807) is 7.11 Å². The van der Waals surface area contributed by atoms with Gasteiger partial charge in [-0.15, -0.1) is 0 Å². The van der Waals surface area contributed by atoms with Crippen LogP contribution in [0.15, 0.2) is 29.3 Å². The third-order valence-corrected chi connectivity index (χ3v) is 5.11. The van der Waals surface area contributed by atoms with Crippen LogP contribution in [0.25, 0.3) is 0 Å². The van der Waals surface area contributed by atoms with Crippen LogP contribution in [0.3, 0.4) is 0 Å². The van der Waals surface area contributed by atoms with Crippen LogP contribution >= 0.6 is 0 Å². The summed E-state index contributed by atoms with van der Waals surface area (Å²) in [5.74, 6) is 1.59. The van der Waals surface area contributed by atoms with Crippen LogP contribution in [-0.4, -0.2) is 64.1 Å². The molecule has 0 unspecified atom stereocenters. The molecule has 1 aromatic carbocycles. The lowest BCUT2D eigenvalue weighted by atomic mass is 10.3. The summed E-state index contributed by atoms with van der Waals surface area (Å²) in [5, 5.41) is 3.00. The molecule has 7 nitrogen and oxygen atoms in total. The van der Waals surface area contributed by atoms with Gasteiger partial charge < -0.3 is 15.8 Å². The van der Waals surface area contributed by atoms with Gasteiger partial charge in [0.1, 0.15) is 5.75 Å². The predicted molar refractivity (Wildman–Crippen MR) is 88.2 cm³/mol. The van der Waals surface area contributed by atoms with E-state index in [0.717, 1.165) is 11.4 Å². The molecule has 0 aliphatic carbocycles. The maximum Gasteiger partial charge on any atom is 0.193 e. The van der Waals surface area contributed by atoms with Gasteiger partial charge in [-0.25, -0.2) is 8.42 Å². The number of rotatable bonds is 5. The molecular weight excluding hydrogens is 304 g/mol. The second-order valence-corrected chi connectivity index (χ2v) is 7.42. The lowest BCUT2D eigenvalue weighted by Gasteiger charge is -2.25. The molecule has 22 heavy (non-hydrogen) atoms. The van der Waals surface area contributed by atoms with Gasteiger partial charge in [-0.1, -0.05) is 0 Å². The molecule has 0 spiro atoms. The number of nitrogens with one attached hydrogen (secondary N) is 1. The zero-order valence-electron chi connectivity index (χ0n) is 12.7. The number of anilines is 1. The minimum Gasteiger partial charge on any atom is -0.497 e. The van der Waals surface area contributed by atoms with Crippen LogP contribution in [0.2, 0.25) is 0 Å². The Morgan fingerprint density at radius 2 is 1.95 bits per heavy atom. The van der Waals surface area contributed by atoms with Gasteiger partial charge >= 0.3 is 0 Å². The molecular formula is C14H22N4O3S. The highest BCUT2D eigenvalue weighted by molar-refractivity contribution is 7.91. The maximum atomic E-state index is 11.3. The second-order valence-electron chi connectivity index (χ2n) is 5.11. The van der Waals surface area contributed by atoms with Crippen molar-refractivity contribution in [2.45, 2.75) is 0 Å². The van der Waals surface area contributed by atoms with Gasteiger partial charge in [0.05, 0.1) is 25.2 Å². The van der Waals surface area contributed by atoms with E-state index in [1.165, 1.54) is 0 Å². The molecule has 1 aromatic rings. The molecule has 0 bridgehead atoms. The Morgan fingerprint density at radius 3 is 2.55 bits per heavy atom. The van der Waals surface area contributed by atoms with Crippen LogP contribution in [0.5, 0.6) is 5.75 Å². The van der Waals surface area contributed by atoms with Crippen molar-refractivity contribution >= 4 is 21.5 Å². The molecule has 1 fully saturated rings. The van der Waals surface area contributed by atoms with Gasteiger partial charge in [-0.2, -0.15) is 0 Å². The third kappa shape index (κ3) is 5.19. The maximum absolute atomic E-state index is 11.3. The largest absolute Gasteiger partial charge is 0.497 e. The number of ether oxygens (including phenoxy) is 1. The van der Waals surface area contributed by atoms with Crippen LogP contribution < -0.4 is 15.8 Å². The molecule has 0 aromatic heterocycles. The molecule has 0 atom stereocenters. The molecule has 0 radical (unpaired) electrons. The van der Waals surface area contributed by atoms with E-state index in [9.17, 15) is 8.42 Å². The van der Waals surface area contributed by atoms with Crippen molar-refractivity contribution in [2.24, 2.45) is 10.7 Å². The first-order valence-electron chi connectivity index (χ1n) is 7.12. The molecule has 0 saturated carbocycles. The lowest BCUT2D eigenvalue weighted by Crippen LogP contribution is -2.41. The average Bonchev–Trinajstić information content (AvgIpc) is 2.50.